The molecular weight excluding hydrogens is 362 g/mol. The second kappa shape index (κ2) is 10.3. The number of aromatic hydroxyl groups is 2. The van der Waals surface area contributed by atoms with E-state index in [1.807, 2.05) is 0 Å². The van der Waals surface area contributed by atoms with Crippen LogP contribution in [0.2, 0.25) is 0 Å². The zero-order valence-corrected chi connectivity index (χ0v) is 16.6. The zero-order valence-electron chi connectivity index (χ0n) is 16.6. The van der Waals surface area contributed by atoms with E-state index in [1.165, 1.54) is 12.1 Å². The van der Waals surface area contributed by atoms with Gasteiger partial charge in [-0.2, -0.15) is 0 Å². The lowest BCUT2D eigenvalue weighted by Crippen LogP contribution is -2.40. The van der Waals surface area contributed by atoms with Crippen LogP contribution in [0.1, 0.15) is 57.9 Å². The molecule has 3 atom stereocenters. The lowest BCUT2D eigenvalue weighted by atomic mass is 10.0. The van der Waals surface area contributed by atoms with Gasteiger partial charge in [0, 0.05) is 0 Å². The maximum atomic E-state index is 12.4. The monoisotopic (exact) mass is 393 g/mol. The summed E-state index contributed by atoms with van der Waals surface area (Å²) in [7, 11) is 0. The summed E-state index contributed by atoms with van der Waals surface area (Å²) >= 11 is 0. The first-order valence-electron chi connectivity index (χ1n) is 9.95. The Bertz CT molecular complexity index is 669. The normalized spacial score (nSPS) is 18.5. The molecule has 7 heteroatoms. The van der Waals surface area contributed by atoms with Crippen LogP contribution in [0.4, 0.5) is 0 Å². The third kappa shape index (κ3) is 6.41. The van der Waals surface area contributed by atoms with E-state index in [0.29, 0.717) is 5.56 Å². The first-order chi connectivity index (χ1) is 13.3. The fourth-order valence-corrected chi connectivity index (χ4v) is 3.29. The minimum Gasteiger partial charge on any atom is -0.504 e. The predicted octanol–water partition coefficient (Wildman–Crippen LogP) is 2.80. The molecule has 28 heavy (non-hydrogen) atoms. The molecule has 1 saturated carbocycles. The number of carbonyl (C=O) groups is 2. The van der Waals surface area contributed by atoms with Crippen molar-refractivity contribution in [3.8, 4) is 11.5 Å². The van der Waals surface area contributed by atoms with Gasteiger partial charge in [-0.25, -0.2) is 0 Å². The predicted molar refractivity (Wildman–Crippen MR) is 104 cm³/mol. The third-order valence-corrected chi connectivity index (χ3v) is 5.25. The molecule has 0 heterocycles. The summed E-state index contributed by atoms with van der Waals surface area (Å²) in [6.45, 7) is 3.37. The molecule has 0 amide bonds. The van der Waals surface area contributed by atoms with Crippen LogP contribution in [0.15, 0.2) is 18.2 Å². The minimum absolute atomic E-state index is 0.0720. The van der Waals surface area contributed by atoms with Gasteiger partial charge in [0.25, 0.3) is 0 Å². The van der Waals surface area contributed by atoms with E-state index >= 15 is 0 Å². The molecule has 1 aliphatic carbocycles. The number of ether oxygens (including phenoxy) is 2. The van der Waals surface area contributed by atoms with E-state index in [4.69, 9.17) is 15.2 Å². The highest BCUT2D eigenvalue weighted by atomic mass is 16.6. The van der Waals surface area contributed by atoms with Crippen LogP contribution in [0, 0.1) is 5.92 Å². The van der Waals surface area contributed by atoms with Crippen LogP contribution in [-0.2, 0) is 25.5 Å². The van der Waals surface area contributed by atoms with Crippen molar-refractivity contribution < 1.29 is 29.3 Å². The van der Waals surface area contributed by atoms with Gasteiger partial charge in [0.15, 0.2) is 11.5 Å². The van der Waals surface area contributed by atoms with Crippen LogP contribution in [0.3, 0.4) is 0 Å². The van der Waals surface area contributed by atoms with Gasteiger partial charge in [-0.1, -0.05) is 31.7 Å². The molecule has 156 valence electrons. The fourth-order valence-electron chi connectivity index (χ4n) is 3.29. The Morgan fingerprint density at radius 2 is 1.64 bits per heavy atom. The van der Waals surface area contributed by atoms with Gasteiger partial charge in [0.2, 0.25) is 0 Å². The number of esters is 2. The Labute approximate surface area is 165 Å². The van der Waals surface area contributed by atoms with Crippen molar-refractivity contribution >= 4 is 11.9 Å². The summed E-state index contributed by atoms with van der Waals surface area (Å²) in [6, 6.07) is 3.32. The standard InChI is InChI=1S/C21H31NO6/c1-13(27-20(25)16-7-5-3-4-6-8-16)14(2)28-21(26)17(22)11-15-9-10-18(23)19(24)12-15/h9-10,12-14,16-17,23-24H,3-8,11,22H2,1-2H3/t13-,14-,17-/m0/s1. The van der Waals surface area contributed by atoms with Gasteiger partial charge in [-0.15, -0.1) is 0 Å². The molecular formula is C21H31NO6. The summed E-state index contributed by atoms with van der Waals surface area (Å²) in [4.78, 5) is 24.6. The Morgan fingerprint density at radius 3 is 2.25 bits per heavy atom. The average Bonchev–Trinajstić information content (AvgIpc) is 2.94. The van der Waals surface area contributed by atoms with E-state index in [-0.39, 0.29) is 29.8 Å². The summed E-state index contributed by atoms with van der Waals surface area (Å²) in [6.07, 6.45) is 5.06. The van der Waals surface area contributed by atoms with Crippen LogP contribution < -0.4 is 5.73 Å². The molecule has 1 aromatic rings. The molecule has 0 spiro atoms. The topological polar surface area (TPSA) is 119 Å². The third-order valence-electron chi connectivity index (χ3n) is 5.25. The van der Waals surface area contributed by atoms with Gasteiger partial charge in [-0.3, -0.25) is 9.59 Å². The zero-order chi connectivity index (χ0) is 20.7. The Balaban J connectivity index is 1.82. The largest absolute Gasteiger partial charge is 0.504 e. The number of benzene rings is 1. The number of hydrogen-bond donors (Lipinski definition) is 3. The average molecular weight is 393 g/mol. The van der Waals surface area contributed by atoms with E-state index in [2.05, 4.69) is 0 Å². The SMILES string of the molecule is C[C@H](OC(=O)C1CCCCCC1)[C@H](C)OC(=O)[C@@H](N)Cc1ccc(O)c(O)c1. The molecule has 7 nitrogen and oxygen atoms in total. The van der Waals surface area contributed by atoms with Gasteiger partial charge >= 0.3 is 11.9 Å². The summed E-state index contributed by atoms with van der Waals surface area (Å²) in [5.74, 6) is -1.42. The van der Waals surface area contributed by atoms with E-state index in [0.717, 1.165) is 38.5 Å². The molecule has 0 radical (unpaired) electrons. The second-order valence-corrected chi connectivity index (χ2v) is 7.61. The molecule has 0 aromatic heterocycles. The van der Waals surface area contributed by atoms with Gasteiger partial charge in [-0.05, 0) is 50.8 Å². The van der Waals surface area contributed by atoms with Crippen molar-refractivity contribution in [2.24, 2.45) is 11.7 Å². The van der Waals surface area contributed by atoms with Crippen LogP contribution in [0.25, 0.3) is 0 Å². The molecule has 2 rings (SSSR count). The first kappa shape index (κ1) is 22.0. The Hall–Kier alpha value is -2.28. The number of nitrogens with two attached hydrogens (primary N) is 1. The van der Waals surface area contributed by atoms with Crippen molar-refractivity contribution in [1.82, 2.24) is 0 Å². The van der Waals surface area contributed by atoms with Gasteiger partial charge < -0.3 is 25.4 Å². The van der Waals surface area contributed by atoms with Crippen molar-refractivity contribution in [3.63, 3.8) is 0 Å². The summed E-state index contributed by atoms with van der Waals surface area (Å²) < 4.78 is 10.9. The highest BCUT2D eigenvalue weighted by Crippen LogP contribution is 2.26. The van der Waals surface area contributed by atoms with Crippen LogP contribution >= 0.6 is 0 Å². The van der Waals surface area contributed by atoms with Crippen molar-refractivity contribution in [2.45, 2.75) is 77.0 Å². The maximum Gasteiger partial charge on any atom is 0.323 e. The molecule has 0 unspecified atom stereocenters. The van der Waals surface area contributed by atoms with E-state index in [9.17, 15) is 19.8 Å². The molecule has 0 bridgehead atoms. The number of phenolic OH excluding ortho intramolecular Hbond substituents is 2. The quantitative estimate of drug-likeness (QED) is 0.370. The summed E-state index contributed by atoms with van der Waals surface area (Å²) in [5.41, 5.74) is 6.49. The van der Waals surface area contributed by atoms with Crippen molar-refractivity contribution in [3.05, 3.63) is 23.8 Å². The van der Waals surface area contributed by atoms with Crippen molar-refractivity contribution in [2.75, 3.05) is 0 Å². The number of carbonyl (C=O) groups excluding carboxylic acids is 2. The van der Waals surface area contributed by atoms with Crippen molar-refractivity contribution in [1.29, 1.82) is 0 Å². The highest BCUT2D eigenvalue weighted by molar-refractivity contribution is 5.76. The molecule has 1 aliphatic rings. The highest BCUT2D eigenvalue weighted by Gasteiger charge is 2.28. The molecule has 4 N–H and O–H groups in total. The number of rotatable bonds is 7. The minimum atomic E-state index is -0.934. The smallest absolute Gasteiger partial charge is 0.323 e. The lowest BCUT2D eigenvalue weighted by molar-refractivity contribution is -0.169. The Morgan fingerprint density at radius 1 is 1.04 bits per heavy atom. The molecule has 0 aliphatic heterocycles. The Kier molecular flexibility index (Phi) is 8.11. The second-order valence-electron chi connectivity index (χ2n) is 7.61. The van der Waals surface area contributed by atoms with Crippen LogP contribution in [0.5, 0.6) is 11.5 Å². The number of hydrogen-bond acceptors (Lipinski definition) is 7. The first-order valence-corrected chi connectivity index (χ1v) is 9.95. The molecule has 0 saturated heterocycles. The lowest BCUT2D eigenvalue weighted by Gasteiger charge is -2.24. The maximum absolute atomic E-state index is 12.4. The van der Waals surface area contributed by atoms with Gasteiger partial charge in [0.1, 0.15) is 18.2 Å². The molecule has 1 fully saturated rings. The molecule has 1 aromatic carbocycles. The number of phenols is 2. The summed E-state index contributed by atoms with van der Waals surface area (Å²) in [5, 5.41) is 18.9. The fraction of sp³-hybridized carbons (Fsp3) is 0.619. The van der Waals surface area contributed by atoms with Crippen LogP contribution in [-0.4, -0.2) is 40.4 Å². The van der Waals surface area contributed by atoms with E-state index in [1.54, 1.807) is 19.9 Å². The van der Waals surface area contributed by atoms with Gasteiger partial charge in [0.05, 0.1) is 5.92 Å². The van der Waals surface area contributed by atoms with E-state index < -0.39 is 24.2 Å².